The first kappa shape index (κ1) is 14.9. The molecule has 4 nitrogen and oxygen atoms in total. The van der Waals surface area contributed by atoms with Gasteiger partial charge in [-0.2, -0.15) is 0 Å². The number of carbonyl (C=O) groups excluding carboxylic acids is 1. The molecule has 1 amide bonds. The van der Waals surface area contributed by atoms with E-state index in [0.717, 1.165) is 42.9 Å². The molecule has 1 aliphatic heterocycles. The lowest BCUT2D eigenvalue weighted by Crippen LogP contribution is -2.32. The number of ether oxygens (including phenoxy) is 1. The summed E-state index contributed by atoms with van der Waals surface area (Å²) in [5.41, 5.74) is 1.90. The first-order valence-corrected chi connectivity index (χ1v) is 7.43. The van der Waals surface area contributed by atoms with Crippen LogP contribution in [0.2, 0.25) is 0 Å². The Bertz CT molecular complexity index is 454. The highest BCUT2D eigenvalue weighted by Crippen LogP contribution is 2.26. The van der Waals surface area contributed by atoms with Gasteiger partial charge >= 0.3 is 0 Å². The number of hydrogen-bond donors (Lipinski definition) is 2. The van der Waals surface area contributed by atoms with E-state index in [-0.39, 0.29) is 5.91 Å². The Kier molecular flexibility index (Phi) is 5.41. The lowest BCUT2D eigenvalue weighted by atomic mass is 9.96. The Labute approximate surface area is 120 Å². The maximum Gasteiger partial charge on any atom is 0.224 e. The summed E-state index contributed by atoms with van der Waals surface area (Å²) in [6.45, 7) is 6.58. The van der Waals surface area contributed by atoms with E-state index in [9.17, 15) is 4.79 Å². The van der Waals surface area contributed by atoms with Crippen LogP contribution in [0.3, 0.4) is 0 Å². The molecular weight excluding hydrogens is 252 g/mol. The summed E-state index contributed by atoms with van der Waals surface area (Å²) in [5, 5.41) is 6.32. The van der Waals surface area contributed by atoms with Crippen LogP contribution in [0.1, 0.15) is 31.7 Å². The summed E-state index contributed by atoms with van der Waals surface area (Å²) < 4.78 is 5.58. The maximum absolute atomic E-state index is 12.1. The van der Waals surface area contributed by atoms with Gasteiger partial charge in [-0.3, -0.25) is 4.79 Å². The zero-order chi connectivity index (χ0) is 14.4. The van der Waals surface area contributed by atoms with Gasteiger partial charge < -0.3 is 15.4 Å². The number of nitrogens with one attached hydrogen (secondary N) is 2. The largest absolute Gasteiger partial charge is 0.492 e. The average Bonchev–Trinajstić information content (AvgIpc) is 2.43. The van der Waals surface area contributed by atoms with Gasteiger partial charge in [0.15, 0.2) is 0 Å². The van der Waals surface area contributed by atoms with Crippen molar-refractivity contribution in [2.45, 2.75) is 33.1 Å². The third-order valence-corrected chi connectivity index (χ3v) is 3.58. The molecule has 0 aromatic heterocycles. The van der Waals surface area contributed by atoms with Gasteiger partial charge in [0.1, 0.15) is 5.75 Å². The fraction of sp³-hybridized carbons (Fsp3) is 0.562. The molecule has 2 rings (SSSR count). The number of benzene rings is 1. The van der Waals surface area contributed by atoms with Gasteiger partial charge in [0, 0.05) is 6.42 Å². The number of carbonyl (C=O) groups is 1. The van der Waals surface area contributed by atoms with Crippen molar-refractivity contribution in [2.24, 2.45) is 5.92 Å². The predicted molar refractivity (Wildman–Crippen MR) is 81.2 cm³/mol. The van der Waals surface area contributed by atoms with E-state index in [1.54, 1.807) is 0 Å². The Morgan fingerprint density at radius 1 is 1.50 bits per heavy atom. The highest BCUT2D eigenvalue weighted by atomic mass is 16.5. The highest BCUT2D eigenvalue weighted by Gasteiger charge is 2.17. The van der Waals surface area contributed by atoms with Gasteiger partial charge in [0.05, 0.1) is 12.3 Å². The second kappa shape index (κ2) is 7.29. The Morgan fingerprint density at radius 3 is 3.05 bits per heavy atom. The van der Waals surface area contributed by atoms with Crippen molar-refractivity contribution >= 4 is 11.6 Å². The Morgan fingerprint density at radius 2 is 2.35 bits per heavy atom. The molecule has 1 heterocycles. The molecule has 2 N–H and O–H groups in total. The van der Waals surface area contributed by atoms with Crippen LogP contribution < -0.4 is 15.4 Å². The zero-order valence-electron chi connectivity index (χ0n) is 12.4. The summed E-state index contributed by atoms with van der Waals surface area (Å²) in [5.74, 6) is 1.27. The highest BCUT2D eigenvalue weighted by molar-refractivity contribution is 5.92. The van der Waals surface area contributed by atoms with Gasteiger partial charge in [-0.25, -0.2) is 0 Å². The minimum Gasteiger partial charge on any atom is -0.492 e. The van der Waals surface area contributed by atoms with Crippen molar-refractivity contribution in [3.63, 3.8) is 0 Å². The third-order valence-electron chi connectivity index (χ3n) is 3.58. The molecule has 20 heavy (non-hydrogen) atoms. The third kappa shape index (κ3) is 4.23. The molecule has 1 aromatic carbocycles. The SMILES string of the molecule is CCOc1cc(C)ccc1NC(=O)CC1CCCNC1. The molecule has 0 bridgehead atoms. The monoisotopic (exact) mass is 276 g/mol. The zero-order valence-corrected chi connectivity index (χ0v) is 12.4. The van der Waals surface area contributed by atoms with Crippen LogP contribution in [0.25, 0.3) is 0 Å². The van der Waals surface area contributed by atoms with Crippen molar-refractivity contribution in [1.82, 2.24) is 5.32 Å². The van der Waals surface area contributed by atoms with Crippen LogP contribution in [0, 0.1) is 12.8 Å². The van der Waals surface area contributed by atoms with E-state index < -0.39 is 0 Å². The molecule has 1 unspecified atom stereocenters. The van der Waals surface area contributed by atoms with E-state index in [1.807, 2.05) is 32.0 Å². The van der Waals surface area contributed by atoms with Crippen molar-refractivity contribution in [2.75, 3.05) is 25.0 Å². The average molecular weight is 276 g/mol. The second-order valence-corrected chi connectivity index (χ2v) is 5.40. The lowest BCUT2D eigenvalue weighted by Gasteiger charge is -2.22. The van der Waals surface area contributed by atoms with E-state index in [0.29, 0.717) is 18.9 Å². The standard InChI is InChI=1S/C16H24N2O2/c1-3-20-15-9-12(2)6-7-14(15)18-16(19)10-13-5-4-8-17-11-13/h6-7,9,13,17H,3-5,8,10-11H2,1-2H3,(H,18,19). The molecule has 110 valence electrons. The van der Waals surface area contributed by atoms with Crippen LogP contribution in [0.5, 0.6) is 5.75 Å². The molecule has 1 aromatic rings. The fourth-order valence-electron chi connectivity index (χ4n) is 2.57. The molecule has 4 heteroatoms. The first-order valence-electron chi connectivity index (χ1n) is 7.43. The lowest BCUT2D eigenvalue weighted by molar-refractivity contribution is -0.117. The fourth-order valence-corrected chi connectivity index (χ4v) is 2.57. The van der Waals surface area contributed by atoms with Crippen LogP contribution in [0.15, 0.2) is 18.2 Å². The van der Waals surface area contributed by atoms with Gasteiger partial charge in [-0.05, 0) is 63.4 Å². The molecule has 0 spiro atoms. The van der Waals surface area contributed by atoms with E-state index in [1.165, 1.54) is 0 Å². The summed E-state index contributed by atoms with van der Waals surface area (Å²) in [4.78, 5) is 12.1. The number of piperidine rings is 1. The molecule has 1 aliphatic rings. The minimum atomic E-state index is 0.0727. The molecule has 0 aliphatic carbocycles. The number of aryl methyl sites for hydroxylation is 1. The summed E-state index contributed by atoms with van der Waals surface area (Å²) in [6.07, 6.45) is 2.87. The van der Waals surface area contributed by atoms with Crippen molar-refractivity contribution in [1.29, 1.82) is 0 Å². The summed E-state index contributed by atoms with van der Waals surface area (Å²) in [6, 6.07) is 5.86. The van der Waals surface area contributed by atoms with E-state index in [2.05, 4.69) is 10.6 Å². The quantitative estimate of drug-likeness (QED) is 0.869. The van der Waals surface area contributed by atoms with Crippen molar-refractivity contribution in [3.05, 3.63) is 23.8 Å². The van der Waals surface area contributed by atoms with Crippen LogP contribution in [-0.4, -0.2) is 25.6 Å². The number of hydrogen-bond acceptors (Lipinski definition) is 3. The topological polar surface area (TPSA) is 50.4 Å². The molecule has 0 saturated carbocycles. The van der Waals surface area contributed by atoms with Crippen molar-refractivity contribution in [3.8, 4) is 5.75 Å². The van der Waals surface area contributed by atoms with Gasteiger partial charge in [0.25, 0.3) is 0 Å². The van der Waals surface area contributed by atoms with E-state index in [4.69, 9.17) is 4.74 Å². The van der Waals surface area contributed by atoms with E-state index >= 15 is 0 Å². The van der Waals surface area contributed by atoms with Gasteiger partial charge in [-0.15, -0.1) is 0 Å². The van der Waals surface area contributed by atoms with Crippen LogP contribution in [-0.2, 0) is 4.79 Å². The molecule has 1 atom stereocenters. The van der Waals surface area contributed by atoms with Crippen LogP contribution >= 0.6 is 0 Å². The normalized spacial score (nSPS) is 18.6. The molecule has 1 saturated heterocycles. The Hall–Kier alpha value is -1.55. The first-order chi connectivity index (χ1) is 9.69. The predicted octanol–water partition coefficient (Wildman–Crippen LogP) is 2.72. The van der Waals surface area contributed by atoms with Gasteiger partial charge in [0.2, 0.25) is 5.91 Å². The maximum atomic E-state index is 12.1. The summed E-state index contributed by atoms with van der Waals surface area (Å²) >= 11 is 0. The second-order valence-electron chi connectivity index (χ2n) is 5.40. The van der Waals surface area contributed by atoms with Gasteiger partial charge in [-0.1, -0.05) is 6.07 Å². The summed E-state index contributed by atoms with van der Waals surface area (Å²) in [7, 11) is 0. The van der Waals surface area contributed by atoms with Crippen LogP contribution in [0.4, 0.5) is 5.69 Å². The molecule has 0 radical (unpaired) electrons. The van der Waals surface area contributed by atoms with Crippen molar-refractivity contribution < 1.29 is 9.53 Å². The number of anilines is 1. The Balaban J connectivity index is 1.96. The number of rotatable bonds is 5. The molecule has 1 fully saturated rings. The smallest absolute Gasteiger partial charge is 0.224 e. The minimum absolute atomic E-state index is 0.0727. The number of amides is 1. The molecular formula is C16H24N2O2.